The molecule has 2 aliphatic heterocycles. The van der Waals surface area contributed by atoms with Gasteiger partial charge in [0.2, 0.25) is 15.9 Å². The summed E-state index contributed by atoms with van der Waals surface area (Å²) in [6, 6.07) is 16.2. The van der Waals surface area contributed by atoms with Gasteiger partial charge in [0.05, 0.1) is 18.3 Å². The molecule has 0 aliphatic carbocycles. The maximum absolute atomic E-state index is 13.4. The van der Waals surface area contributed by atoms with E-state index in [4.69, 9.17) is 9.47 Å². The number of methoxy groups -OCH3 is 1. The topological polar surface area (TPSA) is 84.9 Å². The fourth-order valence-corrected chi connectivity index (χ4v) is 6.49. The molecule has 0 spiro atoms. The first kappa shape index (κ1) is 25.7. The van der Waals surface area contributed by atoms with Crippen LogP contribution in [0.25, 0.3) is 11.1 Å². The molecule has 2 heterocycles. The number of rotatable bonds is 9. The van der Waals surface area contributed by atoms with Gasteiger partial charge in [0.1, 0.15) is 5.75 Å². The summed E-state index contributed by atoms with van der Waals surface area (Å²) in [5.74, 6) is 0.658. The molecule has 8 heteroatoms. The molecule has 2 saturated heterocycles. The lowest BCUT2D eigenvalue weighted by molar-refractivity contribution is -0.136. The van der Waals surface area contributed by atoms with E-state index < -0.39 is 15.4 Å². The van der Waals surface area contributed by atoms with E-state index in [1.54, 1.807) is 11.4 Å². The molecule has 0 unspecified atom stereocenters. The number of carbonyl (C=O) groups is 1. The number of nitrogens with zero attached hydrogens (tertiary/aromatic N) is 1. The maximum Gasteiger partial charge on any atom is 0.226 e. The van der Waals surface area contributed by atoms with Crippen molar-refractivity contribution in [2.45, 2.75) is 38.5 Å². The third kappa shape index (κ3) is 6.42. The highest BCUT2D eigenvalue weighted by atomic mass is 32.2. The number of amides is 1. The van der Waals surface area contributed by atoms with Crippen molar-refractivity contribution in [3.05, 3.63) is 54.1 Å². The quantitative estimate of drug-likeness (QED) is 0.568. The van der Waals surface area contributed by atoms with Crippen LogP contribution in [0.5, 0.6) is 5.75 Å². The Morgan fingerprint density at radius 2 is 1.71 bits per heavy atom. The Morgan fingerprint density at radius 1 is 1.03 bits per heavy atom. The Bertz CT molecular complexity index is 1110. The predicted molar refractivity (Wildman–Crippen MR) is 137 cm³/mol. The molecule has 0 aromatic heterocycles. The summed E-state index contributed by atoms with van der Waals surface area (Å²) in [4.78, 5) is 13.4. The number of nitrogens with one attached hydrogen (secondary N) is 1. The van der Waals surface area contributed by atoms with Crippen LogP contribution >= 0.6 is 0 Å². The number of sulfonamides is 1. The van der Waals surface area contributed by atoms with Gasteiger partial charge in [-0.3, -0.25) is 4.79 Å². The molecule has 7 nitrogen and oxygen atoms in total. The van der Waals surface area contributed by atoms with E-state index in [1.807, 2.05) is 30.3 Å². The van der Waals surface area contributed by atoms with Gasteiger partial charge >= 0.3 is 0 Å². The second-order valence-electron chi connectivity index (χ2n) is 9.53. The molecule has 4 rings (SSSR count). The molecule has 2 aromatic rings. The minimum Gasteiger partial charge on any atom is -0.497 e. The highest BCUT2D eigenvalue weighted by molar-refractivity contribution is 7.89. The van der Waals surface area contributed by atoms with E-state index in [-0.39, 0.29) is 18.2 Å². The first-order chi connectivity index (χ1) is 16.9. The summed E-state index contributed by atoms with van der Waals surface area (Å²) in [7, 11) is -1.69. The zero-order valence-electron chi connectivity index (χ0n) is 20.5. The Balaban J connectivity index is 1.45. The second-order valence-corrected chi connectivity index (χ2v) is 11.6. The Morgan fingerprint density at radius 3 is 2.43 bits per heavy atom. The summed E-state index contributed by atoms with van der Waals surface area (Å²) in [6.07, 6.45) is 4.69. The monoisotopic (exact) mass is 500 g/mol. The van der Waals surface area contributed by atoms with Crippen molar-refractivity contribution in [3.8, 4) is 16.9 Å². The van der Waals surface area contributed by atoms with E-state index in [9.17, 15) is 13.2 Å². The number of carbonyl (C=O) groups excluding carboxylic acids is 1. The summed E-state index contributed by atoms with van der Waals surface area (Å²) in [5.41, 5.74) is 2.58. The normalized spacial score (nSPS) is 18.7. The minimum absolute atomic E-state index is 0.0589. The van der Waals surface area contributed by atoms with Gasteiger partial charge in [-0.2, -0.15) is 0 Å². The van der Waals surface area contributed by atoms with Crippen LogP contribution < -0.4 is 10.1 Å². The lowest BCUT2D eigenvalue weighted by Crippen LogP contribution is -2.48. The molecule has 35 heavy (non-hydrogen) atoms. The first-order valence-electron chi connectivity index (χ1n) is 12.5. The number of benzene rings is 2. The van der Waals surface area contributed by atoms with Crippen molar-refractivity contribution in [1.82, 2.24) is 9.62 Å². The molecular formula is C27H36N2O5S. The van der Waals surface area contributed by atoms with Gasteiger partial charge in [0, 0.05) is 32.8 Å². The smallest absolute Gasteiger partial charge is 0.226 e. The number of piperidine rings is 1. The Hall–Kier alpha value is -2.42. The third-order valence-corrected chi connectivity index (χ3v) is 9.03. The molecule has 0 saturated carbocycles. The maximum atomic E-state index is 13.4. The highest BCUT2D eigenvalue weighted by Crippen LogP contribution is 2.36. The van der Waals surface area contributed by atoms with Crippen LogP contribution in [0.4, 0.5) is 0 Å². The molecule has 1 amide bonds. The van der Waals surface area contributed by atoms with Gasteiger partial charge in [-0.15, -0.1) is 0 Å². The predicted octanol–water partition coefficient (Wildman–Crippen LogP) is 3.63. The van der Waals surface area contributed by atoms with E-state index in [2.05, 4.69) is 23.5 Å². The molecule has 190 valence electrons. The number of hydrogen-bond donors (Lipinski definition) is 1. The van der Waals surface area contributed by atoms with Crippen LogP contribution in [0.3, 0.4) is 0 Å². The SMILES string of the molecule is COc1cccc(-c2cccc(CC3(C(=O)NCCS(=O)(=O)N4CCCCC4)CCOCC3)c2)c1. The average molecular weight is 501 g/mol. The van der Waals surface area contributed by atoms with E-state index >= 15 is 0 Å². The zero-order valence-corrected chi connectivity index (χ0v) is 21.3. The second kappa shape index (κ2) is 11.5. The van der Waals surface area contributed by atoms with Crippen molar-refractivity contribution in [2.24, 2.45) is 5.41 Å². The summed E-state index contributed by atoms with van der Waals surface area (Å²) in [6.45, 7) is 2.34. The van der Waals surface area contributed by atoms with Gasteiger partial charge in [0.25, 0.3) is 0 Å². The van der Waals surface area contributed by atoms with Crippen LogP contribution in [0.15, 0.2) is 48.5 Å². The Labute approximate surface area is 208 Å². The first-order valence-corrected chi connectivity index (χ1v) is 14.1. The Kier molecular flexibility index (Phi) is 8.46. The van der Waals surface area contributed by atoms with Crippen LogP contribution in [-0.4, -0.2) is 64.3 Å². The van der Waals surface area contributed by atoms with Crippen molar-refractivity contribution in [3.63, 3.8) is 0 Å². The summed E-state index contributed by atoms with van der Waals surface area (Å²) in [5, 5.41) is 2.95. The van der Waals surface area contributed by atoms with Crippen LogP contribution in [-0.2, 0) is 26.0 Å². The lowest BCUT2D eigenvalue weighted by atomic mass is 9.74. The molecule has 0 atom stereocenters. The van der Waals surface area contributed by atoms with E-state index in [1.165, 1.54) is 0 Å². The van der Waals surface area contributed by atoms with Gasteiger partial charge < -0.3 is 14.8 Å². The fraction of sp³-hybridized carbons (Fsp3) is 0.519. The third-order valence-electron chi connectivity index (χ3n) is 7.16. The molecule has 2 fully saturated rings. The van der Waals surface area contributed by atoms with Crippen molar-refractivity contribution in [1.29, 1.82) is 0 Å². The van der Waals surface area contributed by atoms with Crippen LogP contribution in [0.1, 0.15) is 37.7 Å². The van der Waals surface area contributed by atoms with Crippen molar-refractivity contribution < 1.29 is 22.7 Å². The zero-order chi connectivity index (χ0) is 24.7. The lowest BCUT2D eigenvalue weighted by Gasteiger charge is -2.36. The van der Waals surface area contributed by atoms with E-state index in [0.717, 1.165) is 41.7 Å². The van der Waals surface area contributed by atoms with Crippen LogP contribution in [0.2, 0.25) is 0 Å². The molecule has 1 N–H and O–H groups in total. The van der Waals surface area contributed by atoms with Gasteiger partial charge in [-0.05, 0) is 60.9 Å². The highest BCUT2D eigenvalue weighted by Gasteiger charge is 2.40. The van der Waals surface area contributed by atoms with Gasteiger partial charge in [-0.25, -0.2) is 12.7 Å². The molecule has 2 aliphatic rings. The minimum atomic E-state index is -3.35. The van der Waals surface area contributed by atoms with Crippen molar-refractivity contribution in [2.75, 3.05) is 45.7 Å². The van der Waals surface area contributed by atoms with E-state index in [0.29, 0.717) is 45.6 Å². The van der Waals surface area contributed by atoms with Gasteiger partial charge in [0.15, 0.2) is 0 Å². The number of hydrogen-bond acceptors (Lipinski definition) is 5. The fourth-order valence-electron chi connectivity index (χ4n) is 5.05. The number of ether oxygens (including phenoxy) is 2. The average Bonchev–Trinajstić information content (AvgIpc) is 2.90. The summed E-state index contributed by atoms with van der Waals surface area (Å²) < 4.78 is 37.9. The largest absolute Gasteiger partial charge is 0.497 e. The molecule has 0 radical (unpaired) electrons. The van der Waals surface area contributed by atoms with Crippen LogP contribution in [0, 0.1) is 5.41 Å². The molecular weight excluding hydrogens is 464 g/mol. The summed E-state index contributed by atoms with van der Waals surface area (Å²) >= 11 is 0. The molecule has 2 aromatic carbocycles. The van der Waals surface area contributed by atoms with Crippen molar-refractivity contribution >= 4 is 15.9 Å². The standard InChI is InChI=1S/C27H36N2O5S/c1-33-25-10-6-9-24(20-25)23-8-5-7-22(19-23)21-27(11-16-34-17-12-27)26(30)28-13-18-35(31,32)29-14-3-2-4-15-29/h5-10,19-20H,2-4,11-18,21H2,1H3,(H,28,30). The van der Waals surface area contributed by atoms with Gasteiger partial charge in [-0.1, -0.05) is 42.8 Å². The molecule has 0 bridgehead atoms.